The fourth-order valence-electron chi connectivity index (χ4n) is 3.16. The Bertz CT molecular complexity index is 441. The van der Waals surface area contributed by atoms with E-state index in [4.69, 9.17) is 4.74 Å². The van der Waals surface area contributed by atoms with E-state index in [0.717, 1.165) is 43.0 Å². The van der Waals surface area contributed by atoms with Crippen molar-refractivity contribution in [2.24, 2.45) is 5.92 Å². The molecular formula is C18H27NO2. The highest BCUT2D eigenvalue weighted by atomic mass is 16.5. The summed E-state index contributed by atoms with van der Waals surface area (Å²) in [5.41, 5.74) is 1.90. The smallest absolute Gasteiger partial charge is 0.253 e. The van der Waals surface area contributed by atoms with E-state index in [1.807, 2.05) is 29.2 Å². The Labute approximate surface area is 128 Å². The lowest BCUT2D eigenvalue weighted by Crippen LogP contribution is -2.32. The third-order valence-corrected chi connectivity index (χ3v) is 4.34. The van der Waals surface area contributed by atoms with Gasteiger partial charge >= 0.3 is 0 Å². The van der Waals surface area contributed by atoms with Gasteiger partial charge in [0.1, 0.15) is 0 Å². The average Bonchev–Trinajstić information content (AvgIpc) is 2.74. The van der Waals surface area contributed by atoms with Crippen LogP contribution < -0.4 is 0 Å². The Balaban J connectivity index is 1.95. The summed E-state index contributed by atoms with van der Waals surface area (Å²) >= 11 is 0. The van der Waals surface area contributed by atoms with Crippen LogP contribution in [0.15, 0.2) is 24.3 Å². The molecule has 0 bridgehead atoms. The number of ether oxygens (including phenoxy) is 1. The molecule has 116 valence electrons. The second-order valence-corrected chi connectivity index (χ2v) is 6.01. The van der Waals surface area contributed by atoms with E-state index in [1.165, 1.54) is 19.3 Å². The molecule has 2 rings (SSSR count). The second-order valence-electron chi connectivity index (χ2n) is 6.01. The number of hydrogen-bond acceptors (Lipinski definition) is 2. The zero-order valence-electron chi connectivity index (χ0n) is 13.3. The summed E-state index contributed by atoms with van der Waals surface area (Å²) in [6, 6.07) is 7.80. The van der Waals surface area contributed by atoms with Crippen molar-refractivity contribution >= 4 is 5.91 Å². The van der Waals surface area contributed by atoms with Crippen LogP contribution in [0.2, 0.25) is 0 Å². The first kappa shape index (κ1) is 16.0. The molecule has 1 aliphatic heterocycles. The maximum atomic E-state index is 12.6. The molecular weight excluding hydrogens is 262 g/mol. The van der Waals surface area contributed by atoms with E-state index in [9.17, 15) is 4.79 Å². The molecule has 1 aliphatic rings. The first-order chi connectivity index (χ1) is 10.2. The van der Waals surface area contributed by atoms with E-state index >= 15 is 0 Å². The van der Waals surface area contributed by atoms with Crippen molar-refractivity contribution in [2.45, 2.75) is 45.6 Å². The molecule has 0 aromatic heterocycles. The number of methoxy groups -OCH3 is 1. The van der Waals surface area contributed by atoms with Gasteiger partial charge in [-0.05, 0) is 42.9 Å². The van der Waals surface area contributed by atoms with Crippen molar-refractivity contribution < 1.29 is 9.53 Å². The topological polar surface area (TPSA) is 29.5 Å². The second kappa shape index (κ2) is 8.18. The highest BCUT2D eigenvalue weighted by molar-refractivity contribution is 5.94. The lowest BCUT2D eigenvalue weighted by atomic mass is 9.96. The first-order valence-corrected chi connectivity index (χ1v) is 8.11. The van der Waals surface area contributed by atoms with Crippen molar-refractivity contribution in [3.63, 3.8) is 0 Å². The first-order valence-electron chi connectivity index (χ1n) is 8.11. The van der Waals surface area contributed by atoms with Gasteiger partial charge in [-0.15, -0.1) is 0 Å². The quantitative estimate of drug-likeness (QED) is 0.823. The molecule has 1 fully saturated rings. The van der Waals surface area contributed by atoms with Gasteiger partial charge in [0.2, 0.25) is 0 Å². The summed E-state index contributed by atoms with van der Waals surface area (Å²) in [5.74, 6) is 0.980. The van der Waals surface area contributed by atoms with Gasteiger partial charge < -0.3 is 9.64 Å². The zero-order chi connectivity index (χ0) is 15.1. The average molecular weight is 289 g/mol. The highest BCUT2D eigenvalue weighted by Gasteiger charge is 2.21. The molecule has 3 heteroatoms. The fraction of sp³-hybridized carbons (Fsp3) is 0.611. The number of carbonyl (C=O) groups excluding carboxylic acids is 1. The van der Waals surface area contributed by atoms with Gasteiger partial charge in [-0.3, -0.25) is 4.79 Å². The minimum absolute atomic E-state index is 0.177. The molecule has 1 amide bonds. The summed E-state index contributed by atoms with van der Waals surface area (Å²) in [5, 5.41) is 0. The molecule has 0 radical (unpaired) electrons. The minimum atomic E-state index is 0.177. The van der Waals surface area contributed by atoms with Crippen LogP contribution >= 0.6 is 0 Å². The Kier molecular flexibility index (Phi) is 6.24. The third kappa shape index (κ3) is 4.57. The zero-order valence-corrected chi connectivity index (χ0v) is 13.3. The van der Waals surface area contributed by atoms with Crippen molar-refractivity contribution in [1.82, 2.24) is 4.90 Å². The molecule has 0 N–H and O–H groups in total. The lowest BCUT2D eigenvalue weighted by Gasteiger charge is -2.21. The van der Waals surface area contributed by atoms with Gasteiger partial charge in [0.05, 0.1) is 6.61 Å². The van der Waals surface area contributed by atoms with Crippen LogP contribution in [0, 0.1) is 5.92 Å². The molecule has 3 nitrogen and oxygen atoms in total. The number of benzene rings is 1. The fourth-order valence-corrected chi connectivity index (χ4v) is 3.16. The highest BCUT2D eigenvalue weighted by Crippen LogP contribution is 2.23. The van der Waals surface area contributed by atoms with E-state index in [2.05, 4.69) is 6.92 Å². The summed E-state index contributed by atoms with van der Waals surface area (Å²) in [6.45, 7) is 4.65. The molecule has 21 heavy (non-hydrogen) atoms. The molecule has 1 saturated heterocycles. The summed E-state index contributed by atoms with van der Waals surface area (Å²) in [4.78, 5) is 14.6. The molecule has 0 aliphatic carbocycles. The van der Waals surface area contributed by atoms with Crippen molar-refractivity contribution in [3.05, 3.63) is 35.4 Å². The summed E-state index contributed by atoms with van der Waals surface area (Å²) in [6.07, 6.45) is 6.11. The van der Waals surface area contributed by atoms with Crippen LogP contribution in [0.3, 0.4) is 0 Å². The van der Waals surface area contributed by atoms with Crippen LogP contribution in [0.4, 0.5) is 0 Å². The van der Waals surface area contributed by atoms with Gasteiger partial charge in [0, 0.05) is 25.8 Å². The van der Waals surface area contributed by atoms with Gasteiger partial charge in [-0.2, -0.15) is 0 Å². The minimum Gasteiger partial charge on any atom is -0.380 e. The number of likely N-dealkylation sites (tertiary alicyclic amines) is 1. The predicted octanol–water partition coefficient (Wildman–Crippen LogP) is 3.88. The Morgan fingerprint density at radius 2 is 2.00 bits per heavy atom. The van der Waals surface area contributed by atoms with Crippen LogP contribution in [-0.2, 0) is 11.3 Å². The third-order valence-electron chi connectivity index (χ3n) is 4.34. The predicted molar refractivity (Wildman–Crippen MR) is 85.3 cm³/mol. The Hall–Kier alpha value is -1.35. The molecule has 0 spiro atoms. The standard InChI is InChI=1S/C18H27NO2/c1-3-5-15-6-4-12-19(13-11-15)18(20)17-9-7-16(8-10-17)14-21-2/h7-10,15H,3-6,11-14H2,1-2H3. The molecule has 1 atom stereocenters. The number of nitrogens with zero attached hydrogens (tertiary/aromatic N) is 1. The van der Waals surface area contributed by atoms with Crippen LogP contribution in [0.5, 0.6) is 0 Å². The number of carbonyl (C=O) groups is 1. The van der Waals surface area contributed by atoms with Crippen molar-refractivity contribution in [2.75, 3.05) is 20.2 Å². The van der Waals surface area contributed by atoms with Crippen molar-refractivity contribution in [1.29, 1.82) is 0 Å². The number of hydrogen-bond donors (Lipinski definition) is 0. The van der Waals surface area contributed by atoms with Crippen LogP contribution in [-0.4, -0.2) is 31.0 Å². The molecule has 1 unspecified atom stereocenters. The molecule has 0 saturated carbocycles. The van der Waals surface area contributed by atoms with Crippen molar-refractivity contribution in [3.8, 4) is 0 Å². The normalized spacial score (nSPS) is 19.3. The Morgan fingerprint density at radius 3 is 2.67 bits per heavy atom. The molecule has 1 aromatic rings. The summed E-state index contributed by atoms with van der Waals surface area (Å²) < 4.78 is 5.10. The van der Waals surface area contributed by atoms with Gasteiger partial charge in [0.25, 0.3) is 5.91 Å². The lowest BCUT2D eigenvalue weighted by molar-refractivity contribution is 0.0759. The van der Waals surface area contributed by atoms with E-state index in [1.54, 1.807) is 7.11 Å². The molecule has 1 aromatic carbocycles. The number of rotatable bonds is 5. The van der Waals surface area contributed by atoms with Crippen LogP contribution in [0.1, 0.15) is 54.9 Å². The monoisotopic (exact) mass is 289 g/mol. The van der Waals surface area contributed by atoms with E-state index in [-0.39, 0.29) is 5.91 Å². The van der Waals surface area contributed by atoms with Gasteiger partial charge in [-0.25, -0.2) is 0 Å². The maximum absolute atomic E-state index is 12.6. The maximum Gasteiger partial charge on any atom is 0.253 e. The van der Waals surface area contributed by atoms with E-state index < -0.39 is 0 Å². The van der Waals surface area contributed by atoms with E-state index in [0.29, 0.717) is 6.61 Å². The van der Waals surface area contributed by atoms with Gasteiger partial charge in [0.15, 0.2) is 0 Å². The van der Waals surface area contributed by atoms with Gasteiger partial charge in [-0.1, -0.05) is 31.9 Å². The SMILES string of the molecule is CCCC1CCCN(C(=O)c2ccc(COC)cc2)CC1. The summed E-state index contributed by atoms with van der Waals surface area (Å²) in [7, 11) is 1.68. The Morgan fingerprint density at radius 1 is 1.24 bits per heavy atom. The molecule has 1 heterocycles. The number of amides is 1. The largest absolute Gasteiger partial charge is 0.380 e. The van der Waals surface area contributed by atoms with Crippen LogP contribution in [0.25, 0.3) is 0 Å².